The quantitative estimate of drug-likeness (QED) is 0.347. The lowest BCUT2D eigenvalue weighted by Gasteiger charge is -2.33. The predicted octanol–water partition coefficient (Wildman–Crippen LogP) is 4.72. The molecule has 1 N–H and O–H groups in total. The first kappa shape index (κ1) is 25.0. The number of hydrogen-bond acceptors (Lipinski definition) is 6. The van der Waals surface area contributed by atoms with Gasteiger partial charge in [0.1, 0.15) is 23.9 Å². The average Bonchev–Trinajstić information content (AvgIpc) is 3.59. The molecule has 0 bridgehead atoms. The van der Waals surface area contributed by atoms with Gasteiger partial charge in [0.2, 0.25) is 11.8 Å². The second-order valence-corrected chi connectivity index (χ2v) is 10.4. The second-order valence-electron chi connectivity index (χ2n) is 9.36. The van der Waals surface area contributed by atoms with Gasteiger partial charge >= 0.3 is 0 Å². The highest BCUT2D eigenvalue weighted by Gasteiger charge is 2.34. The van der Waals surface area contributed by atoms with Crippen molar-refractivity contribution in [2.24, 2.45) is 0 Å². The van der Waals surface area contributed by atoms with E-state index in [0.29, 0.717) is 17.9 Å². The highest BCUT2D eigenvalue weighted by Crippen LogP contribution is 2.29. The van der Waals surface area contributed by atoms with Crippen LogP contribution in [0, 0.1) is 0 Å². The van der Waals surface area contributed by atoms with Gasteiger partial charge in [0, 0.05) is 10.9 Å². The molecule has 0 spiro atoms. The van der Waals surface area contributed by atoms with Crippen LogP contribution in [-0.2, 0) is 22.7 Å². The number of methoxy groups -OCH3 is 1. The van der Waals surface area contributed by atoms with Crippen LogP contribution in [0.4, 0.5) is 0 Å². The summed E-state index contributed by atoms with van der Waals surface area (Å²) >= 11 is 1.56. The smallest absolute Gasteiger partial charge is 0.247 e. The van der Waals surface area contributed by atoms with E-state index in [2.05, 4.69) is 15.6 Å². The number of fused-ring (bicyclic) bond motifs is 1. The van der Waals surface area contributed by atoms with Crippen molar-refractivity contribution in [3.63, 3.8) is 0 Å². The van der Waals surface area contributed by atoms with Gasteiger partial charge < -0.3 is 15.0 Å². The van der Waals surface area contributed by atoms with Crippen molar-refractivity contribution < 1.29 is 14.3 Å². The van der Waals surface area contributed by atoms with Crippen LogP contribution in [0.5, 0.6) is 5.75 Å². The van der Waals surface area contributed by atoms with Gasteiger partial charge in [-0.1, -0.05) is 54.8 Å². The fourth-order valence-corrected chi connectivity index (χ4v) is 5.66. The Bertz CT molecular complexity index is 1350. The first-order valence-corrected chi connectivity index (χ1v) is 13.5. The first-order chi connectivity index (χ1) is 18.1. The third-order valence-corrected chi connectivity index (χ3v) is 7.71. The van der Waals surface area contributed by atoms with Gasteiger partial charge in [0.05, 0.1) is 19.2 Å². The van der Waals surface area contributed by atoms with E-state index < -0.39 is 6.04 Å². The molecule has 1 aliphatic carbocycles. The Hall–Kier alpha value is -3.72. The van der Waals surface area contributed by atoms with Crippen LogP contribution >= 0.6 is 11.3 Å². The van der Waals surface area contributed by atoms with Crippen molar-refractivity contribution in [3.8, 4) is 5.75 Å². The molecule has 0 saturated heterocycles. The van der Waals surface area contributed by atoms with E-state index in [-0.39, 0.29) is 24.4 Å². The number of rotatable bonds is 9. The van der Waals surface area contributed by atoms with Gasteiger partial charge in [-0.05, 0) is 54.1 Å². The summed E-state index contributed by atoms with van der Waals surface area (Å²) in [6.07, 6.45) is 5.32. The SMILES string of the molecule is COc1cccc([C@H](C(=O)NC2CCCCC2)N(Cc2cccs2)C(=O)Cn2nnc3ccccc32)c1. The van der Waals surface area contributed by atoms with E-state index in [4.69, 9.17) is 4.74 Å². The summed E-state index contributed by atoms with van der Waals surface area (Å²) < 4.78 is 7.06. The largest absolute Gasteiger partial charge is 0.497 e. The van der Waals surface area contributed by atoms with Crippen LogP contribution in [0.3, 0.4) is 0 Å². The number of nitrogens with one attached hydrogen (secondary N) is 1. The normalized spacial score (nSPS) is 14.8. The van der Waals surface area contributed by atoms with Gasteiger partial charge in [-0.25, -0.2) is 4.68 Å². The molecule has 2 heterocycles. The number of thiophene rings is 1. The minimum atomic E-state index is -0.818. The molecule has 9 heteroatoms. The topological polar surface area (TPSA) is 89.4 Å². The van der Waals surface area contributed by atoms with Gasteiger partial charge in [0.25, 0.3) is 0 Å². The molecule has 8 nitrogen and oxygen atoms in total. The number of para-hydroxylation sites is 1. The zero-order chi connectivity index (χ0) is 25.6. The number of carbonyl (C=O) groups excluding carboxylic acids is 2. The molecular weight excluding hydrogens is 486 g/mol. The van der Waals surface area contributed by atoms with Crippen molar-refractivity contribution in [1.29, 1.82) is 0 Å². The minimum absolute atomic E-state index is 0.0247. The molecular formula is C28H31N5O3S. The summed E-state index contributed by atoms with van der Waals surface area (Å²) in [6.45, 7) is 0.284. The molecule has 1 fully saturated rings. The number of amides is 2. The molecule has 192 valence electrons. The third-order valence-electron chi connectivity index (χ3n) is 6.85. The highest BCUT2D eigenvalue weighted by atomic mass is 32.1. The third kappa shape index (κ3) is 5.83. The number of hydrogen-bond donors (Lipinski definition) is 1. The molecule has 2 aromatic heterocycles. The Balaban J connectivity index is 1.51. The number of benzene rings is 2. The maximum absolute atomic E-state index is 14.0. The van der Waals surface area contributed by atoms with E-state index >= 15 is 0 Å². The lowest BCUT2D eigenvalue weighted by Crippen LogP contribution is -2.47. The first-order valence-electron chi connectivity index (χ1n) is 12.7. The molecule has 2 aromatic carbocycles. The van der Waals surface area contributed by atoms with Crippen molar-refractivity contribution >= 4 is 34.2 Å². The van der Waals surface area contributed by atoms with Crippen LogP contribution in [0.25, 0.3) is 11.0 Å². The molecule has 5 rings (SSSR count). The van der Waals surface area contributed by atoms with Gasteiger partial charge in [-0.15, -0.1) is 16.4 Å². The molecule has 1 atom stereocenters. The lowest BCUT2D eigenvalue weighted by molar-refractivity contribution is -0.142. The summed E-state index contributed by atoms with van der Waals surface area (Å²) in [4.78, 5) is 30.6. The molecule has 2 amide bonds. The number of nitrogens with zero attached hydrogens (tertiary/aromatic N) is 4. The Morgan fingerprint density at radius 2 is 1.95 bits per heavy atom. The highest BCUT2D eigenvalue weighted by molar-refractivity contribution is 7.09. The zero-order valence-electron chi connectivity index (χ0n) is 20.9. The van der Waals surface area contributed by atoms with Crippen molar-refractivity contribution in [3.05, 3.63) is 76.5 Å². The summed E-state index contributed by atoms with van der Waals surface area (Å²) in [7, 11) is 1.60. The maximum atomic E-state index is 14.0. The molecule has 0 aliphatic heterocycles. The summed E-state index contributed by atoms with van der Waals surface area (Å²) in [5, 5.41) is 13.6. The summed E-state index contributed by atoms with van der Waals surface area (Å²) in [5.41, 5.74) is 2.21. The van der Waals surface area contributed by atoms with E-state index in [1.54, 1.807) is 28.0 Å². The Morgan fingerprint density at radius 1 is 1.11 bits per heavy atom. The Kier molecular flexibility index (Phi) is 7.79. The zero-order valence-corrected chi connectivity index (χ0v) is 21.7. The average molecular weight is 518 g/mol. The van der Waals surface area contributed by atoms with Crippen LogP contribution in [0.1, 0.15) is 48.6 Å². The van der Waals surface area contributed by atoms with Gasteiger partial charge in [-0.3, -0.25) is 9.59 Å². The Labute approximate surface area is 220 Å². The van der Waals surface area contributed by atoms with Crippen molar-refractivity contribution in [1.82, 2.24) is 25.2 Å². The van der Waals surface area contributed by atoms with E-state index in [1.165, 1.54) is 6.42 Å². The molecule has 37 heavy (non-hydrogen) atoms. The number of carbonyl (C=O) groups is 2. The summed E-state index contributed by atoms with van der Waals surface area (Å²) in [6, 6.07) is 18.2. The lowest BCUT2D eigenvalue weighted by atomic mass is 9.94. The number of ether oxygens (including phenoxy) is 1. The van der Waals surface area contributed by atoms with Crippen molar-refractivity contribution in [2.75, 3.05) is 7.11 Å². The fourth-order valence-electron chi connectivity index (χ4n) is 4.96. The van der Waals surface area contributed by atoms with Gasteiger partial charge in [-0.2, -0.15) is 0 Å². The monoisotopic (exact) mass is 517 g/mol. The minimum Gasteiger partial charge on any atom is -0.497 e. The maximum Gasteiger partial charge on any atom is 0.247 e. The van der Waals surface area contributed by atoms with E-state index in [9.17, 15) is 9.59 Å². The molecule has 0 radical (unpaired) electrons. The van der Waals surface area contributed by atoms with Crippen LogP contribution in [0.15, 0.2) is 66.0 Å². The van der Waals surface area contributed by atoms with E-state index in [1.807, 2.05) is 66.0 Å². The van der Waals surface area contributed by atoms with Crippen LogP contribution in [-0.4, -0.2) is 44.9 Å². The van der Waals surface area contributed by atoms with Crippen molar-refractivity contribution in [2.45, 2.75) is 57.3 Å². The Morgan fingerprint density at radius 3 is 2.73 bits per heavy atom. The standard InChI is InChI=1S/C28H31N5O3S/c1-36-22-12-7-9-20(17-22)27(28(35)29-21-10-3-2-4-11-21)32(18-23-13-8-16-37-23)26(34)19-33-25-15-6-5-14-24(25)30-31-33/h5-9,12-17,21,27H,2-4,10-11,18-19H2,1H3,(H,29,35)/t27-/m1/s1. The van der Waals surface area contributed by atoms with E-state index in [0.717, 1.165) is 41.6 Å². The van der Waals surface area contributed by atoms with Crippen LogP contribution in [0.2, 0.25) is 0 Å². The number of aromatic nitrogens is 3. The molecule has 0 unspecified atom stereocenters. The fraction of sp³-hybridized carbons (Fsp3) is 0.357. The van der Waals surface area contributed by atoms with Gasteiger partial charge in [0.15, 0.2) is 0 Å². The molecule has 1 aliphatic rings. The summed E-state index contributed by atoms with van der Waals surface area (Å²) in [5.74, 6) is 0.253. The predicted molar refractivity (Wildman–Crippen MR) is 143 cm³/mol. The van der Waals surface area contributed by atoms with Crippen LogP contribution < -0.4 is 10.1 Å². The second kappa shape index (κ2) is 11.6. The molecule has 1 saturated carbocycles. The molecule has 4 aromatic rings.